The zero-order chi connectivity index (χ0) is 14.2. The Balaban J connectivity index is 1.57. The molecule has 3 rings (SSSR count). The van der Waals surface area contributed by atoms with Gasteiger partial charge >= 0.3 is 0 Å². The molecule has 0 amide bonds. The quantitative estimate of drug-likeness (QED) is 0.632. The molecule has 3 nitrogen and oxygen atoms in total. The summed E-state index contributed by atoms with van der Waals surface area (Å²) < 4.78 is 0. The summed E-state index contributed by atoms with van der Waals surface area (Å²) in [6.07, 6.45) is 11.5. The lowest BCUT2D eigenvalue weighted by Gasteiger charge is -2.51. The van der Waals surface area contributed by atoms with Gasteiger partial charge in [0.1, 0.15) is 0 Å². The Labute approximate surface area is 123 Å². The van der Waals surface area contributed by atoms with E-state index in [1.54, 1.807) is 0 Å². The third-order valence-corrected chi connectivity index (χ3v) is 5.74. The van der Waals surface area contributed by atoms with E-state index in [1.165, 1.54) is 44.9 Å². The minimum atomic E-state index is 0.0620. The highest BCUT2D eigenvalue weighted by Crippen LogP contribution is 2.47. The summed E-state index contributed by atoms with van der Waals surface area (Å²) in [5.74, 6) is 1.85. The van der Waals surface area contributed by atoms with Crippen LogP contribution < -0.4 is 5.73 Å². The van der Waals surface area contributed by atoms with E-state index in [2.05, 4.69) is 13.8 Å². The Morgan fingerprint density at radius 2 is 1.70 bits per heavy atom. The Morgan fingerprint density at radius 1 is 0.950 bits per heavy atom. The average molecular weight is 281 g/mol. The second-order valence-electron chi connectivity index (χ2n) is 7.97. The Bertz CT molecular complexity index is 325. The molecule has 0 radical (unpaired) electrons. The van der Waals surface area contributed by atoms with E-state index in [-0.39, 0.29) is 11.6 Å². The van der Waals surface area contributed by atoms with Crippen LogP contribution in [0.2, 0.25) is 0 Å². The van der Waals surface area contributed by atoms with Gasteiger partial charge in [0.05, 0.1) is 12.2 Å². The van der Waals surface area contributed by atoms with Gasteiger partial charge in [-0.2, -0.15) is 0 Å². The van der Waals surface area contributed by atoms with Crippen LogP contribution in [-0.2, 0) is 9.78 Å². The van der Waals surface area contributed by atoms with Crippen molar-refractivity contribution < 1.29 is 9.78 Å². The zero-order valence-corrected chi connectivity index (χ0v) is 13.1. The lowest BCUT2D eigenvalue weighted by Crippen LogP contribution is -2.56. The van der Waals surface area contributed by atoms with Crippen LogP contribution in [0.4, 0.5) is 0 Å². The average Bonchev–Trinajstić information content (AvgIpc) is 2.37. The molecule has 3 aliphatic rings. The highest BCUT2D eigenvalue weighted by Gasteiger charge is 2.47. The molecule has 3 heteroatoms. The summed E-state index contributed by atoms with van der Waals surface area (Å²) in [5, 5.41) is 0. The van der Waals surface area contributed by atoms with E-state index in [0.29, 0.717) is 17.9 Å². The molecule has 116 valence electrons. The summed E-state index contributed by atoms with van der Waals surface area (Å²) in [6.45, 7) is 4.63. The van der Waals surface area contributed by atoms with Gasteiger partial charge < -0.3 is 5.73 Å². The first-order valence-electron chi connectivity index (χ1n) is 8.67. The number of hydrogen-bond donors (Lipinski definition) is 1. The van der Waals surface area contributed by atoms with Gasteiger partial charge in [0.25, 0.3) is 0 Å². The fourth-order valence-corrected chi connectivity index (χ4v) is 5.10. The molecule has 0 saturated heterocycles. The molecule has 3 saturated carbocycles. The maximum Gasteiger partial charge on any atom is 0.0984 e. The smallest absolute Gasteiger partial charge is 0.0984 e. The lowest BCUT2D eigenvalue weighted by atomic mass is 9.60. The fourth-order valence-electron chi connectivity index (χ4n) is 5.10. The zero-order valence-electron chi connectivity index (χ0n) is 13.1. The maximum absolute atomic E-state index is 6.59. The molecule has 2 N–H and O–H groups in total. The normalized spacial score (nSPS) is 46.4. The van der Waals surface area contributed by atoms with E-state index >= 15 is 0 Å². The van der Waals surface area contributed by atoms with Gasteiger partial charge in [-0.25, -0.2) is 9.78 Å². The maximum atomic E-state index is 6.59. The molecule has 4 unspecified atom stereocenters. The van der Waals surface area contributed by atoms with Crippen molar-refractivity contribution in [2.45, 2.75) is 89.4 Å². The Kier molecular flexibility index (Phi) is 4.40. The van der Waals surface area contributed by atoms with Crippen molar-refractivity contribution in [3.05, 3.63) is 0 Å². The monoisotopic (exact) mass is 281 g/mol. The van der Waals surface area contributed by atoms with Crippen molar-refractivity contribution in [1.29, 1.82) is 0 Å². The van der Waals surface area contributed by atoms with Gasteiger partial charge in [0.15, 0.2) is 0 Å². The molecule has 3 aliphatic carbocycles. The van der Waals surface area contributed by atoms with Crippen LogP contribution in [0.1, 0.15) is 71.6 Å². The molecule has 0 spiro atoms. The van der Waals surface area contributed by atoms with Crippen LogP contribution in [0.5, 0.6) is 0 Å². The van der Waals surface area contributed by atoms with E-state index in [9.17, 15) is 0 Å². The minimum absolute atomic E-state index is 0.0620. The standard InChI is InChI=1S/C17H31NO2/c1-12-8-14-11-17(18,9-12)10-13(2)16(14)20-19-15-6-4-3-5-7-15/h12-16H,3-11,18H2,1-2H3/t12?,13?,14?,16-,17?/m0/s1. The van der Waals surface area contributed by atoms with Gasteiger partial charge in [0, 0.05) is 5.54 Å². The summed E-state index contributed by atoms with van der Waals surface area (Å²) in [5.41, 5.74) is 6.65. The van der Waals surface area contributed by atoms with E-state index in [0.717, 1.165) is 18.8 Å². The van der Waals surface area contributed by atoms with Crippen molar-refractivity contribution in [2.24, 2.45) is 23.5 Å². The number of nitrogens with two attached hydrogens (primary N) is 1. The van der Waals surface area contributed by atoms with Gasteiger partial charge in [-0.1, -0.05) is 33.1 Å². The lowest BCUT2D eigenvalue weighted by molar-refractivity contribution is -0.377. The van der Waals surface area contributed by atoms with Gasteiger partial charge in [-0.05, 0) is 56.3 Å². The predicted octanol–water partition coefficient (Wildman–Crippen LogP) is 3.81. The minimum Gasteiger partial charge on any atom is -0.325 e. The van der Waals surface area contributed by atoms with E-state index < -0.39 is 0 Å². The molecule has 5 atom stereocenters. The first-order chi connectivity index (χ1) is 9.56. The first kappa shape index (κ1) is 14.8. The first-order valence-corrected chi connectivity index (χ1v) is 8.67. The van der Waals surface area contributed by atoms with E-state index in [4.69, 9.17) is 15.5 Å². The Hall–Kier alpha value is -0.120. The van der Waals surface area contributed by atoms with Gasteiger partial charge in [0.2, 0.25) is 0 Å². The summed E-state index contributed by atoms with van der Waals surface area (Å²) >= 11 is 0. The number of rotatable bonds is 3. The van der Waals surface area contributed by atoms with Crippen LogP contribution in [0, 0.1) is 17.8 Å². The third kappa shape index (κ3) is 3.20. The summed E-state index contributed by atoms with van der Waals surface area (Å²) in [7, 11) is 0. The Morgan fingerprint density at radius 3 is 2.45 bits per heavy atom. The van der Waals surface area contributed by atoms with Crippen molar-refractivity contribution in [2.75, 3.05) is 0 Å². The molecule has 0 aromatic rings. The van der Waals surface area contributed by atoms with Gasteiger partial charge in [-0.3, -0.25) is 0 Å². The molecule has 0 aromatic carbocycles. The van der Waals surface area contributed by atoms with Crippen LogP contribution in [0.3, 0.4) is 0 Å². The van der Waals surface area contributed by atoms with Gasteiger partial charge in [-0.15, -0.1) is 0 Å². The molecule has 20 heavy (non-hydrogen) atoms. The highest BCUT2D eigenvalue weighted by atomic mass is 17.2. The van der Waals surface area contributed by atoms with Crippen molar-refractivity contribution >= 4 is 0 Å². The fraction of sp³-hybridized carbons (Fsp3) is 1.00. The number of fused-ring (bicyclic) bond motifs is 2. The molecule has 2 bridgehead atoms. The molecule has 0 heterocycles. The van der Waals surface area contributed by atoms with Crippen molar-refractivity contribution in [3.8, 4) is 0 Å². The second-order valence-corrected chi connectivity index (χ2v) is 7.97. The van der Waals surface area contributed by atoms with Crippen LogP contribution >= 0.6 is 0 Å². The molecular weight excluding hydrogens is 250 g/mol. The predicted molar refractivity (Wildman–Crippen MR) is 80.0 cm³/mol. The van der Waals surface area contributed by atoms with E-state index in [1.807, 2.05) is 0 Å². The second kappa shape index (κ2) is 5.94. The third-order valence-electron chi connectivity index (χ3n) is 5.74. The topological polar surface area (TPSA) is 44.5 Å². The van der Waals surface area contributed by atoms with Crippen LogP contribution in [0.25, 0.3) is 0 Å². The van der Waals surface area contributed by atoms with Crippen LogP contribution in [0.15, 0.2) is 0 Å². The summed E-state index contributed by atoms with van der Waals surface area (Å²) in [6, 6.07) is 0. The van der Waals surface area contributed by atoms with Crippen LogP contribution in [-0.4, -0.2) is 17.7 Å². The SMILES string of the molecule is CC1CC2CC(N)(C1)CC(C)[C@@H]2OOC1CCCCC1. The molecular formula is C17H31NO2. The van der Waals surface area contributed by atoms with Crippen molar-refractivity contribution in [1.82, 2.24) is 0 Å². The molecule has 0 aromatic heterocycles. The van der Waals surface area contributed by atoms with Crippen molar-refractivity contribution in [3.63, 3.8) is 0 Å². The molecule has 3 fully saturated rings. The summed E-state index contributed by atoms with van der Waals surface area (Å²) in [4.78, 5) is 11.8. The molecule has 0 aliphatic heterocycles. The number of hydrogen-bond acceptors (Lipinski definition) is 3. The highest BCUT2D eigenvalue weighted by molar-refractivity contribution is 5.01. The largest absolute Gasteiger partial charge is 0.325 e.